The Bertz CT molecular complexity index is 235. The zero-order chi connectivity index (χ0) is 7.56. The zero-order valence-corrected chi connectivity index (χ0v) is 6.49. The second-order valence-electron chi connectivity index (χ2n) is 1.88. The fourth-order valence-electron chi connectivity index (χ4n) is 0.652. The molecule has 0 atom stereocenters. The van der Waals surface area contributed by atoms with E-state index in [1.807, 2.05) is 6.55 Å². The highest BCUT2D eigenvalue weighted by Crippen LogP contribution is 2.00. The molecule has 0 fully saturated rings. The van der Waals surface area contributed by atoms with Gasteiger partial charge in [0.25, 0.3) is 0 Å². The van der Waals surface area contributed by atoms with Crippen molar-refractivity contribution in [2.24, 2.45) is 0 Å². The van der Waals surface area contributed by atoms with Crippen molar-refractivity contribution >= 4 is 14.7 Å². The van der Waals surface area contributed by atoms with E-state index in [0.29, 0.717) is 9.52 Å². The van der Waals surface area contributed by atoms with Gasteiger partial charge in [-0.3, -0.25) is 0 Å². The fourth-order valence-corrected chi connectivity index (χ4v) is 1.17. The molecule has 0 saturated carbocycles. The highest BCUT2D eigenvalue weighted by molar-refractivity contribution is 6.51. The van der Waals surface area contributed by atoms with Gasteiger partial charge >= 0.3 is 0 Å². The Labute approximate surface area is 60.7 Å². The first-order valence-electron chi connectivity index (χ1n) is 2.87. The minimum atomic E-state index is -0.776. The van der Waals surface area contributed by atoms with Crippen LogP contribution in [0.15, 0.2) is 18.2 Å². The van der Waals surface area contributed by atoms with E-state index < -0.39 is 11.6 Å². The summed E-state index contributed by atoms with van der Waals surface area (Å²) in [4.78, 5) is 0. The van der Waals surface area contributed by atoms with Crippen LogP contribution in [0.1, 0.15) is 0 Å². The SMILES string of the molecule is C[Si]c1ccc(F)c(F)c1. The number of benzene rings is 1. The molecule has 1 aromatic rings. The molecule has 1 rings (SSSR count). The summed E-state index contributed by atoms with van der Waals surface area (Å²) in [7, 11) is 0.516. The molecule has 0 spiro atoms. The maximum absolute atomic E-state index is 12.4. The van der Waals surface area contributed by atoms with Gasteiger partial charge in [-0.1, -0.05) is 17.8 Å². The zero-order valence-electron chi connectivity index (χ0n) is 5.49. The largest absolute Gasteiger partial charge is 0.204 e. The first-order chi connectivity index (χ1) is 4.74. The summed E-state index contributed by atoms with van der Waals surface area (Å²) in [5.74, 6) is -1.53. The Morgan fingerprint density at radius 1 is 1.20 bits per heavy atom. The predicted molar refractivity (Wildman–Crippen MR) is 37.6 cm³/mol. The standard InChI is InChI=1S/C7H6F2Si/c1-10-5-2-3-6(8)7(9)4-5/h2-4H,1H3. The third kappa shape index (κ3) is 1.42. The van der Waals surface area contributed by atoms with Crippen LogP contribution in [0.4, 0.5) is 8.78 Å². The summed E-state index contributed by atoms with van der Waals surface area (Å²) in [6.45, 7) is 1.92. The number of hydrogen-bond donors (Lipinski definition) is 0. The molecular formula is C7H6F2Si. The lowest BCUT2D eigenvalue weighted by Crippen LogP contribution is -2.10. The fraction of sp³-hybridized carbons (Fsp3) is 0.143. The van der Waals surface area contributed by atoms with E-state index >= 15 is 0 Å². The lowest BCUT2D eigenvalue weighted by Gasteiger charge is -1.94. The molecule has 0 aliphatic carbocycles. The number of halogens is 2. The lowest BCUT2D eigenvalue weighted by atomic mass is 10.3. The van der Waals surface area contributed by atoms with Crippen LogP contribution in [0, 0.1) is 11.6 Å². The molecule has 10 heavy (non-hydrogen) atoms. The summed E-state index contributed by atoms with van der Waals surface area (Å²) in [5, 5.41) is 0.846. The third-order valence-corrected chi connectivity index (χ3v) is 2.10. The van der Waals surface area contributed by atoms with E-state index in [2.05, 4.69) is 0 Å². The molecule has 0 saturated heterocycles. The Morgan fingerprint density at radius 3 is 2.40 bits per heavy atom. The summed E-state index contributed by atoms with van der Waals surface area (Å²) in [6.07, 6.45) is 0. The van der Waals surface area contributed by atoms with E-state index in [0.717, 1.165) is 11.3 Å². The smallest absolute Gasteiger partial charge is 0.158 e. The van der Waals surface area contributed by atoms with E-state index in [1.165, 1.54) is 6.07 Å². The van der Waals surface area contributed by atoms with E-state index in [4.69, 9.17) is 0 Å². The van der Waals surface area contributed by atoms with Crippen molar-refractivity contribution in [2.75, 3.05) is 0 Å². The monoisotopic (exact) mass is 156 g/mol. The Morgan fingerprint density at radius 2 is 1.90 bits per heavy atom. The van der Waals surface area contributed by atoms with E-state index in [-0.39, 0.29) is 0 Å². The first kappa shape index (κ1) is 7.40. The van der Waals surface area contributed by atoms with Crippen molar-refractivity contribution in [3.8, 4) is 0 Å². The lowest BCUT2D eigenvalue weighted by molar-refractivity contribution is 0.509. The summed E-state index contributed by atoms with van der Waals surface area (Å²) in [6, 6.07) is 3.98. The molecule has 2 radical (unpaired) electrons. The summed E-state index contributed by atoms with van der Waals surface area (Å²) in [5.41, 5.74) is 0. The van der Waals surface area contributed by atoms with Crippen LogP contribution in [-0.4, -0.2) is 9.52 Å². The van der Waals surface area contributed by atoms with Gasteiger partial charge in [0, 0.05) is 0 Å². The van der Waals surface area contributed by atoms with Crippen molar-refractivity contribution in [1.29, 1.82) is 0 Å². The Balaban J connectivity index is 3.04. The molecule has 0 heterocycles. The van der Waals surface area contributed by atoms with Crippen LogP contribution in [0.3, 0.4) is 0 Å². The van der Waals surface area contributed by atoms with Crippen molar-refractivity contribution in [3.05, 3.63) is 29.8 Å². The van der Waals surface area contributed by atoms with Crippen LogP contribution in [0.5, 0.6) is 0 Å². The molecule has 0 N–H and O–H groups in total. The minimum absolute atomic E-state index is 0.516. The predicted octanol–water partition coefficient (Wildman–Crippen LogP) is 1.34. The molecule has 1 aromatic carbocycles. The average Bonchev–Trinajstić information content (AvgIpc) is 1.95. The van der Waals surface area contributed by atoms with Crippen LogP contribution in [0.25, 0.3) is 0 Å². The van der Waals surface area contributed by atoms with Gasteiger partial charge in [0.2, 0.25) is 0 Å². The van der Waals surface area contributed by atoms with Gasteiger partial charge in [-0.2, -0.15) is 0 Å². The molecule has 0 unspecified atom stereocenters. The highest BCUT2D eigenvalue weighted by atomic mass is 28.2. The van der Waals surface area contributed by atoms with Gasteiger partial charge in [0.1, 0.15) is 0 Å². The van der Waals surface area contributed by atoms with Crippen LogP contribution in [-0.2, 0) is 0 Å². The van der Waals surface area contributed by atoms with E-state index in [9.17, 15) is 8.78 Å². The van der Waals surface area contributed by atoms with Crippen molar-refractivity contribution in [1.82, 2.24) is 0 Å². The molecule has 3 heteroatoms. The molecule has 0 aromatic heterocycles. The van der Waals surface area contributed by atoms with Gasteiger partial charge < -0.3 is 0 Å². The summed E-state index contributed by atoms with van der Waals surface area (Å²) >= 11 is 0. The Kier molecular flexibility index (Phi) is 2.16. The minimum Gasteiger partial charge on any atom is -0.204 e. The van der Waals surface area contributed by atoms with Crippen molar-refractivity contribution in [2.45, 2.75) is 6.55 Å². The molecule has 0 nitrogen and oxygen atoms in total. The number of rotatable bonds is 1. The summed E-state index contributed by atoms with van der Waals surface area (Å²) < 4.78 is 24.7. The second-order valence-corrected chi connectivity index (χ2v) is 2.96. The maximum atomic E-state index is 12.4. The van der Waals surface area contributed by atoms with Crippen molar-refractivity contribution < 1.29 is 8.78 Å². The highest BCUT2D eigenvalue weighted by Gasteiger charge is 1.99. The van der Waals surface area contributed by atoms with Gasteiger partial charge in [-0.25, -0.2) is 8.78 Å². The van der Waals surface area contributed by atoms with Crippen LogP contribution < -0.4 is 5.19 Å². The first-order valence-corrected chi connectivity index (χ1v) is 4.37. The average molecular weight is 156 g/mol. The quantitative estimate of drug-likeness (QED) is 0.538. The Hall–Kier alpha value is -0.703. The van der Waals surface area contributed by atoms with Gasteiger partial charge in [0.15, 0.2) is 11.6 Å². The van der Waals surface area contributed by atoms with Gasteiger partial charge in [0.05, 0.1) is 9.52 Å². The molecule has 52 valence electrons. The molecule has 0 aliphatic heterocycles. The molecule has 0 bridgehead atoms. The number of hydrogen-bond acceptors (Lipinski definition) is 0. The topological polar surface area (TPSA) is 0 Å². The van der Waals surface area contributed by atoms with Crippen LogP contribution >= 0.6 is 0 Å². The van der Waals surface area contributed by atoms with Gasteiger partial charge in [-0.15, -0.1) is 0 Å². The molecule has 0 amide bonds. The van der Waals surface area contributed by atoms with Gasteiger partial charge in [-0.05, 0) is 12.1 Å². The third-order valence-electron chi connectivity index (χ3n) is 1.21. The second kappa shape index (κ2) is 2.92. The molecular weight excluding hydrogens is 150 g/mol. The van der Waals surface area contributed by atoms with Crippen LogP contribution in [0.2, 0.25) is 6.55 Å². The molecule has 0 aliphatic rings. The van der Waals surface area contributed by atoms with Crippen molar-refractivity contribution in [3.63, 3.8) is 0 Å². The maximum Gasteiger partial charge on any atom is 0.158 e. The normalized spacial score (nSPS) is 9.90. The van der Waals surface area contributed by atoms with E-state index in [1.54, 1.807) is 6.07 Å².